The maximum absolute atomic E-state index is 12.8. The van der Waals surface area contributed by atoms with Gasteiger partial charge in [0.2, 0.25) is 0 Å². The standard InChI is InChI=1S/C23H22N6O3/c1-32-22(31)16-7-8-20-25-19(15-29(20)14-16)23(17-5-3-2-4-6-17)9-11-28(12-10-23)21(30)18-13-24-27-26-18/h2-8,13-15H,9-12H2,1H3,(H,24,26,27). The number of benzene rings is 1. The third-order valence-electron chi connectivity index (χ3n) is 6.23. The predicted octanol–water partition coefficient (Wildman–Crippen LogP) is 2.46. The second-order valence-electron chi connectivity index (χ2n) is 7.90. The lowest BCUT2D eigenvalue weighted by atomic mass is 9.70. The van der Waals surface area contributed by atoms with Crippen LogP contribution in [0.3, 0.4) is 0 Å². The Morgan fingerprint density at radius 3 is 2.53 bits per heavy atom. The molecule has 0 saturated carbocycles. The summed E-state index contributed by atoms with van der Waals surface area (Å²) in [6.45, 7) is 1.14. The van der Waals surface area contributed by atoms with Crippen LogP contribution in [0.2, 0.25) is 0 Å². The van der Waals surface area contributed by atoms with Crippen molar-refractivity contribution >= 4 is 17.5 Å². The Labute approximate surface area is 184 Å². The summed E-state index contributed by atoms with van der Waals surface area (Å²) in [5, 5.41) is 10.2. The molecule has 1 N–H and O–H groups in total. The number of hydrogen-bond donors (Lipinski definition) is 1. The van der Waals surface area contributed by atoms with Gasteiger partial charge in [0.1, 0.15) is 5.65 Å². The smallest absolute Gasteiger partial charge is 0.339 e. The first-order valence-electron chi connectivity index (χ1n) is 10.4. The molecule has 4 aromatic rings. The Morgan fingerprint density at radius 1 is 1.06 bits per heavy atom. The molecule has 32 heavy (non-hydrogen) atoms. The SMILES string of the molecule is COC(=O)c1ccc2nc(C3(c4ccccc4)CCN(C(=O)c4cn[nH]n4)CC3)cn2c1. The van der Waals surface area contributed by atoms with Crippen LogP contribution in [0.15, 0.2) is 61.1 Å². The lowest BCUT2D eigenvalue weighted by molar-refractivity contribution is 0.0599. The van der Waals surface area contributed by atoms with Crippen LogP contribution >= 0.6 is 0 Å². The average Bonchev–Trinajstić information content (AvgIpc) is 3.53. The van der Waals surface area contributed by atoms with E-state index in [1.807, 2.05) is 39.8 Å². The molecular formula is C23H22N6O3. The molecule has 0 bridgehead atoms. The van der Waals surface area contributed by atoms with Gasteiger partial charge < -0.3 is 14.0 Å². The number of H-pyrrole nitrogens is 1. The first kappa shape index (κ1) is 19.9. The Balaban J connectivity index is 1.51. The maximum Gasteiger partial charge on any atom is 0.339 e. The molecule has 0 spiro atoms. The molecule has 1 amide bonds. The summed E-state index contributed by atoms with van der Waals surface area (Å²) in [4.78, 5) is 31.4. The molecule has 9 nitrogen and oxygen atoms in total. The van der Waals surface area contributed by atoms with Crippen molar-refractivity contribution in [1.82, 2.24) is 29.7 Å². The van der Waals surface area contributed by atoms with Crippen molar-refractivity contribution < 1.29 is 14.3 Å². The fourth-order valence-corrected chi connectivity index (χ4v) is 4.47. The highest BCUT2D eigenvalue weighted by Crippen LogP contribution is 2.41. The summed E-state index contributed by atoms with van der Waals surface area (Å²) in [5.41, 5.74) is 3.26. The van der Waals surface area contributed by atoms with Crippen LogP contribution in [0.1, 0.15) is 44.9 Å². The molecular weight excluding hydrogens is 408 g/mol. The number of hydrogen-bond acceptors (Lipinski definition) is 6. The fourth-order valence-electron chi connectivity index (χ4n) is 4.47. The molecule has 5 rings (SSSR count). The number of carbonyl (C=O) groups is 2. The van der Waals surface area contributed by atoms with Gasteiger partial charge in [-0.2, -0.15) is 15.4 Å². The number of aromatic nitrogens is 5. The van der Waals surface area contributed by atoms with Crippen LogP contribution in [-0.4, -0.2) is 61.8 Å². The van der Waals surface area contributed by atoms with Crippen molar-refractivity contribution in [2.24, 2.45) is 0 Å². The zero-order chi connectivity index (χ0) is 22.1. The number of pyridine rings is 1. The van der Waals surface area contributed by atoms with Crippen molar-refractivity contribution in [1.29, 1.82) is 0 Å². The van der Waals surface area contributed by atoms with Gasteiger partial charge in [-0.25, -0.2) is 9.78 Å². The van der Waals surface area contributed by atoms with Gasteiger partial charge in [0, 0.05) is 30.9 Å². The molecule has 1 saturated heterocycles. The summed E-state index contributed by atoms with van der Waals surface area (Å²) in [6.07, 6.45) is 6.59. The molecule has 4 heterocycles. The van der Waals surface area contributed by atoms with Crippen LogP contribution < -0.4 is 0 Å². The van der Waals surface area contributed by atoms with Gasteiger partial charge in [-0.05, 0) is 30.5 Å². The van der Waals surface area contributed by atoms with E-state index in [0.29, 0.717) is 37.2 Å². The van der Waals surface area contributed by atoms with Gasteiger partial charge in [0.15, 0.2) is 5.69 Å². The molecule has 162 valence electrons. The van der Waals surface area contributed by atoms with Gasteiger partial charge in [-0.15, -0.1) is 0 Å². The lowest BCUT2D eigenvalue weighted by Crippen LogP contribution is -2.46. The van der Waals surface area contributed by atoms with Gasteiger partial charge in [-0.1, -0.05) is 30.3 Å². The Bertz CT molecular complexity index is 1260. The summed E-state index contributed by atoms with van der Waals surface area (Å²) < 4.78 is 6.70. The van der Waals surface area contributed by atoms with Crippen molar-refractivity contribution in [3.63, 3.8) is 0 Å². The number of imidazole rings is 1. The van der Waals surface area contributed by atoms with E-state index in [1.54, 1.807) is 12.3 Å². The van der Waals surface area contributed by atoms with E-state index in [-0.39, 0.29) is 17.3 Å². The number of piperidine rings is 1. The number of nitrogens with zero attached hydrogens (tertiary/aromatic N) is 5. The molecule has 0 radical (unpaired) electrons. The highest BCUT2D eigenvalue weighted by atomic mass is 16.5. The Morgan fingerprint density at radius 2 is 1.84 bits per heavy atom. The van der Waals surface area contributed by atoms with Gasteiger partial charge >= 0.3 is 5.97 Å². The minimum absolute atomic E-state index is 0.127. The van der Waals surface area contributed by atoms with E-state index in [0.717, 1.165) is 16.9 Å². The van der Waals surface area contributed by atoms with Crippen molar-refractivity contribution in [3.8, 4) is 0 Å². The van der Waals surface area contributed by atoms with Gasteiger partial charge in [-0.3, -0.25) is 4.79 Å². The number of rotatable bonds is 4. The zero-order valence-corrected chi connectivity index (χ0v) is 17.6. The number of amides is 1. The molecule has 0 unspecified atom stereocenters. The van der Waals surface area contributed by atoms with E-state index in [9.17, 15) is 9.59 Å². The highest BCUT2D eigenvalue weighted by molar-refractivity contribution is 5.92. The lowest BCUT2D eigenvalue weighted by Gasteiger charge is -2.41. The van der Waals surface area contributed by atoms with Crippen molar-refractivity contribution in [2.45, 2.75) is 18.3 Å². The largest absolute Gasteiger partial charge is 0.465 e. The number of ether oxygens (including phenoxy) is 1. The number of likely N-dealkylation sites (tertiary alicyclic amines) is 1. The summed E-state index contributed by atoms with van der Waals surface area (Å²) in [6, 6.07) is 13.8. The van der Waals surface area contributed by atoms with E-state index < -0.39 is 0 Å². The second kappa shape index (κ2) is 7.92. The fraction of sp³-hybridized carbons (Fsp3) is 0.261. The number of esters is 1. The highest BCUT2D eigenvalue weighted by Gasteiger charge is 2.41. The van der Waals surface area contributed by atoms with Crippen molar-refractivity contribution in [2.75, 3.05) is 20.2 Å². The van der Waals surface area contributed by atoms with Crippen LogP contribution in [0, 0.1) is 0 Å². The van der Waals surface area contributed by atoms with Crippen molar-refractivity contribution in [3.05, 3.63) is 83.6 Å². The third kappa shape index (κ3) is 3.31. The minimum atomic E-state index is -0.389. The Kier molecular flexibility index (Phi) is 4.93. The number of aromatic amines is 1. The normalized spacial score (nSPS) is 15.6. The van der Waals surface area contributed by atoms with E-state index in [4.69, 9.17) is 9.72 Å². The van der Waals surface area contributed by atoms with Crippen LogP contribution in [0.5, 0.6) is 0 Å². The van der Waals surface area contributed by atoms with Gasteiger partial charge in [0.25, 0.3) is 5.91 Å². The molecule has 1 aliphatic rings. The number of nitrogens with one attached hydrogen (secondary N) is 1. The van der Waals surface area contributed by atoms with E-state index in [1.165, 1.54) is 13.3 Å². The topological polar surface area (TPSA) is 105 Å². The second-order valence-corrected chi connectivity index (χ2v) is 7.90. The quantitative estimate of drug-likeness (QED) is 0.499. The van der Waals surface area contributed by atoms with E-state index in [2.05, 4.69) is 27.5 Å². The monoisotopic (exact) mass is 430 g/mol. The molecule has 3 aromatic heterocycles. The summed E-state index contributed by atoms with van der Waals surface area (Å²) >= 11 is 0. The number of carbonyl (C=O) groups excluding carboxylic acids is 2. The first-order valence-corrected chi connectivity index (χ1v) is 10.4. The maximum atomic E-state index is 12.8. The number of fused-ring (bicyclic) bond motifs is 1. The predicted molar refractivity (Wildman–Crippen MR) is 115 cm³/mol. The molecule has 0 atom stereocenters. The molecule has 1 aromatic carbocycles. The van der Waals surface area contributed by atoms with Crippen LogP contribution in [0.25, 0.3) is 5.65 Å². The first-order chi connectivity index (χ1) is 15.6. The summed E-state index contributed by atoms with van der Waals surface area (Å²) in [7, 11) is 1.37. The summed E-state index contributed by atoms with van der Waals surface area (Å²) in [5.74, 6) is -0.516. The molecule has 0 aliphatic carbocycles. The zero-order valence-electron chi connectivity index (χ0n) is 17.6. The van der Waals surface area contributed by atoms with Crippen LogP contribution in [0.4, 0.5) is 0 Å². The van der Waals surface area contributed by atoms with E-state index >= 15 is 0 Å². The number of methoxy groups -OCH3 is 1. The molecule has 1 fully saturated rings. The molecule has 1 aliphatic heterocycles. The average molecular weight is 430 g/mol. The minimum Gasteiger partial charge on any atom is -0.465 e. The molecule has 9 heteroatoms. The third-order valence-corrected chi connectivity index (χ3v) is 6.23. The van der Waals surface area contributed by atoms with Crippen LogP contribution in [-0.2, 0) is 10.2 Å². The Hall–Kier alpha value is -4.01. The van der Waals surface area contributed by atoms with Gasteiger partial charge in [0.05, 0.1) is 24.6 Å².